The van der Waals surface area contributed by atoms with Gasteiger partial charge in [-0.1, -0.05) is 6.07 Å². The zero-order valence-electron chi connectivity index (χ0n) is 15.8. The van der Waals surface area contributed by atoms with E-state index in [0.717, 1.165) is 33.5 Å². The molecule has 2 heterocycles. The van der Waals surface area contributed by atoms with E-state index < -0.39 is 0 Å². The Labute approximate surface area is 152 Å². The monoisotopic (exact) mass is 354 g/mol. The van der Waals surface area contributed by atoms with Gasteiger partial charge in [0.15, 0.2) is 5.65 Å². The molecule has 0 radical (unpaired) electrons. The van der Waals surface area contributed by atoms with E-state index >= 15 is 0 Å². The lowest BCUT2D eigenvalue weighted by molar-refractivity contribution is -0.116. The summed E-state index contributed by atoms with van der Waals surface area (Å²) in [7, 11) is 1.88. The number of anilines is 1. The zero-order chi connectivity index (χ0) is 19.0. The van der Waals surface area contributed by atoms with Crippen molar-refractivity contribution in [2.45, 2.75) is 40.5 Å². The van der Waals surface area contributed by atoms with Crippen LogP contribution < -0.4 is 5.32 Å². The van der Waals surface area contributed by atoms with Gasteiger partial charge < -0.3 is 5.32 Å². The third-order valence-electron chi connectivity index (χ3n) is 4.79. The highest BCUT2D eigenvalue weighted by Gasteiger charge is 2.16. The SMILES string of the molecule is Cc1ccc(NC(=O)CCc2c(C)nc3c(c(C)nn3C)c2C)cc1F. The summed E-state index contributed by atoms with van der Waals surface area (Å²) < 4.78 is 15.4. The van der Waals surface area contributed by atoms with Crippen molar-refractivity contribution in [3.63, 3.8) is 0 Å². The molecule has 0 bridgehead atoms. The lowest BCUT2D eigenvalue weighted by Gasteiger charge is -2.11. The van der Waals surface area contributed by atoms with Crippen molar-refractivity contribution in [2.24, 2.45) is 7.05 Å². The first-order chi connectivity index (χ1) is 12.3. The van der Waals surface area contributed by atoms with Gasteiger partial charge in [-0.25, -0.2) is 9.37 Å². The Morgan fingerprint density at radius 1 is 1.19 bits per heavy atom. The van der Waals surface area contributed by atoms with E-state index in [1.54, 1.807) is 23.7 Å². The van der Waals surface area contributed by atoms with E-state index in [2.05, 4.69) is 15.4 Å². The Bertz CT molecular complexity index is 1010. The molecule has 0 saturated carbocycles. The van der Waals surface area contributed by atoms with Crippen molar-refractivity contribution in [3.05, 3.63) is 52.1 Å². The fourth-order valence-electron chi connectivity index (χ4n) is 3.36. The summed E-state index contributed by atoms with van der Waals surface area (Å²) in [6, 6.07) is 4.71. The fraction of sp³-hybridized carbons (Fsp3) is 0.350. The Hall–Kier alpha value is -2.76. The lowest BCUT2D eigenvalue weighted by atomic mass is 9.99. The number of nitrogens with zero attached hydrogens (tertiary/aromatic N) is 3. The minimum Gasteiger partial charge on any atom is -0.326 e. The van der Waals surface area contributed by atoms with Crippen LogP contribution >= 0.6 is 0 Å². The largest absolute Gasteiger partial charge is 0.326 e. The van der Waals surface area contributed by atoms with Crippen LogP contribution in [0.3, 0.4) is 0 Å². The van der Waals surface area contributed by atoms with Gasteiger partial charge in [0, 0.05) is 30.2 Å². The van der Waals surface area contributed by atoms with Crippen LogP contribution in [-0.2, 0) is 18.3 Å². The van der Waals surface area contributed by atoms with Crippen LogP contribution in [0.2, 0.25) is 0 Å². The Kier molecular flexibility index (Phi) is 4.76. The third-order valence-corrected chi connectivity index (χ3v) is 4.79. The number of aromatic nitrogens is 3. The Morgan fingerprint density at radius 2 is 1.92 bits per heavy atom. The van der Waals surface area contributed by atoms with Crippen molar-refractivity contribution in [3.8, 4) is 0 Å². The van der Waals surface area contributed by atoms with Crippen molar-refractivity contribution < 1.29 is 9.18 Å². The molecule has 0 aliphatic heterocycles. The van der Waals surface area contributed by atoms with Crippen LogP contribution in [0.5, 0.6) is 0 Å². The molecular weight excluding hydrogens is 331 g/mol. The van der Waals surface area contributed by atoms with Crippen LogP contribution in [0.1, 0.15) is 34.5 Å². The van der Waals surface area contributed by atoms with Crippen LogP contribution in [-0.4, -0.2) is 20.7 Å². The minimum absolute atomic E-state index is 0.143. The average molecular weight is 354 g/mol. The molecule has 26 heavy (non-hydrogen) atoms. The first-order valence-electron chi connectivity index (χ1n) is 8.63. The van der Waals surface area contributed by atoms with Gasteiger partial charge in [0.25, 0.3) is 0 Å². The van der Waals surface area contributed by atoms with Crippen molar-refractivity contribution >= 4 is 22.6 Å². The molecule has 0 saturated heterocycles. The van der Waals surface area contributed by atoms with Gasteiger partial charge >= 0.3 is 0 Å². The van der Waals surface area contributed by atoms with E-state index in [9.17, 15) is 9.18 Å². The molecule has 1 amide bonds. The molecule has 0 aliphatic carbocycles. The molecule has 3 aromatic rings. The standard InChI is InChI=1S/C20H23FN4O/c1-11-6-7-15(10-17(11)21)23-18(26)9-8-16-12(2)19-14(4)24-25(5)20(19)22-13(16)3/h6-7,10H,8-9H2,1-5H3,(H,23,26). The molecule has 6 heteroatoms. The normalized spacial score (nSPS) is 11.2. The van der Waals surface area contributed by atoms with E-state index in [1.807, 2.05) is 27.8 Å². The average Bonchev–Trinajstić information content (AvgIpc) is 2.85. The van der Waals surface area contributed by atoms with Crippen molar-refractivity contribution in [1.29, 1.82) is 0 Å². The maximum atomic E-state index is 13.6. The number of carbonyl (C=O) groups excluding carboxylic acids is 1. The second-order valence-electron chi connectivity index (χ2n) is 6.72. The zero-order valence-corrected chi connectivity index (χ0v) is 15.8. The molecule has 0 unspecified atom stereocenters. The summed E-state index contributed by atoms with van der Waals surface area (Å²) in [4.78, 5) is 16.9. The summed E-state index contributed by atoms with van der Waals surface area (Å²) in [5.41, 5.74) is 5.93. The molecule has 5 nitrogen and oxygen atoms in total. The molecule has 2 aromatic heterocycles. The first-order valence-corrected chi connectivity index (χ1v) is 8.63. The number of aryl methyl sites for hydroxylation is 5. The summed E-state index contributed by atoms with van der Waals surface area (Å²) in [5.74, 6) is -0.466. The van der Waals surface area contributed by atoms with E-state index in [-0.39, 0.29) is 11.7 Å². The summed E-state index contributed by atoms with van der Waals surface area (Å²) in [5, 5.41) is 8.25. The van der Waals surface area contributed by atoms with Crippen molar-refractivity contribution in [2.75, 3.05) is 5.32 Å². The fourth-order valence-corrected chi connectivity index (χ4v) is 3.36. The molecule has 3 rings (SSSR count). The molecule has 1 N–H and O–H groups in total. The van der Waals surface area contributed by atoms with Crippen molar-refractivity contribution in [1.82, 2.24) is 14.8 Å². The topological polar surface area (TPSA) is 59.8 Å². The summed E-state index contributed by atoms with van der Waals surface area (Å²) in [6.07, 6.45) is 0.888. The maximum Gasteiger partial charge on any atom is 0.224 e. The molecule has 0 aliphatic rings. The molecule has 0 atom stereocenters. The number of nitrogens with one attached hydrogen (secondary N) is 1. The molecule has 0 fully saturated rings. The third kappa shape index (κ3) is 3.31. The number of amides is 1. The minimum atomic E-state index is -0.323. The second-order valence-corrected chi connectivity index (χ2v) is 6.72. The van der Waals surface area contributed by atoms with Crippen LogP contribution in [0.25, 0.3) is 11.0 Å². The quantitative estimate of drug-likeness (QED) is 0.773. The highest BCUT2D eigenvalue weighted by molar-refractivity contribution is 5.91. The van der Waals surface area contributed by atoms with Gasteiger partial charge in [-0.3, -0.25) is 9.48 Å². The second kappa shape index (κ2) is 6.86. The van der Waals surface area contributed by atoms with Crippen LogP contribution in [0.15, 0.2) is 18.2 Å². The molecular formula is C20H23FN4O. The number of fused-ring (bicyclic) bond motifs is 1. The number of carbonyl (C=O) groups is 1. The number of pyridine rings is 1. The highest BCUT2D eigenvalue weighted by atomic mass is 19.1. The number of rotatable bonds is 4. The summed E-state index contributed by atoms with van der Waals surface area (Å²) >= 11 is 0. The predicted octanol–water partition coefficient (Wildman–Crippen LogP) is 3.91. The number of hydrogen-bond donors (Lipinski definition) is 1. The number of benzene rings is 1. The van der Waals surface area contributed by atoms with Gasteiger partial charge in [0.05, 0.1) is 5.69 Å². The Morgan fingerprint density at radius 3 is 2.62 bits per heavy atom. The van der Waals surface area contributed by atoms with Gasteiger partial charge in [0.1, 0.15) is 5.82 Å². The summed E-state index contributed by atoms with van der Waals surface area (Å²) in [6.45, 7) is 7.66. The maximum absolute atomic E-state index is 13.6. The van der Waals surface area contributed by atoms with Gasteiger partial charge in [-0.05, 0) is 62.9 Å². The van der Waals surface area contributed by atoms with E-state index in [1.165, 1.54) is 6.07 Å². The number of hydrogen-bond acceptors (Lipinski definition) is 3. The van der Waals surface area contributed by atoms with Gasteiger partial charge in [-0.15, -0.1) is 0 Å². The van der Waals surface area contributed by atoms with Crippen LogP contribution in [0.4, 0.5) is 10.1 Å². The van der Waals surface area contributed by atoms with Gasteiger partial charge in [-0.2, -0.15) is 5.10 Å². The number of halogens is 1. The molecule has 1 aromatic carbocycles. The van der Waals surface area contributed by atoms with Crippen LogP contribution in [0, 0.1) is 33.5 Å². The lowest BCUT2D eigenvalue weighted by Crippen LogP contribution is -2.13. The highest BCUT2D eigenvalue weighted by Crippen LogP contribution is 2.26. The molecule has 136 valence electrons. The first kappa shape index (κ1) is 18.0. The Balaban J connectivity index is 1.77. The van der Waals surface area contributed by atoms with E-state index in [0.29, 0.717) is 24.1 Å². The predicted molar refractivity (Wildman–Crippen MR) is 101 cm³/mol. The smallest absolute Gasteiger partial charge is 0.224 e. The van der Waals surface area contributed by atoms with Gasteiger partial charge in [0.2, 0.25) is 5.91 Å². The van der Waals surface area contributed by atoms with E-state index in [4.69, 9.17) is 0 Å². The molecule has 0 spiro atoms.